The van der Waals surface area contributed by atoms with Gasteiger partial charge >= 0.3 is 0 Å². The molecule has 1 radical (unpaired) electrons. The Morgan fingerprint density at radius 3 is 2.60 bits per heavy atom. The molecule has 1 fully saturated rings. The second-order valence-corrected chi connectivity index (χ2v) is 4.43. The van der Waals surface area contributed by atoms with Crippen molar-refractivity contribution in [2.45, 2.75) is 38.7 Å². The van der Waals surface area contributed by atoms with Crippen LogP contribution in [0.2, 0.25) is 0 Å². The molecule has 0 aliphatic heterocycles. The highest BCUT2D eigenvalue weighted by Gasteiger charge is 2.12. The van der Waals surface area contributed by atoms with Crippen molar-refractivity contribution in [2.75, 3.05) is 6.61 Å². The van der Waals surface area contributed by atoms with Gasteiger partial charge in [0, 0.05) is 6.61 Å². The number of rotatable bonds is 4. The number of ether oxygens (including phenoxy) is 1. The van der Waals surface area contributed by atoms with Gasteiger partial charge in [-0.1, -0.05) is 43.5 Å². The third-order valence-electron chi connectivity index (χ3n) is 3.13. The minimum Gasteiger partial charge on any atom is -0.376 e. The van der Waals surface area contributed by atoms with Crippen LogP contribution in [-0.2, 0) is 11.3 Å². The first-order valence-corrected chi connectivity index (χ1v) is 5.98. The Kier molecular flexibility index (Phi) is 4.22. The lowest BCUT2D eigenvalue weighted by molar-refractivity contribution is 0.0739. The van der Waals surface area contributed by atoms with E-state index in [2.05, 4.69) is 18.2 Å². The van der Waals surface area contributed by atoms with Crippen LogP contribution in [0, 0.1) is 12.0 Å². The maximum absolute atomic E-state index is 5.75. The zero-order chi connectivity index (χ0) is 10.3. The average Bonchev–Trinajstić information content (AvgIpc) is 2.32. The lowest BCUT2D eigenvalue weighted by Crippen LogP contribution is -2.13. The van der Waals surface area contributed by atoms with E-state index in [9.17, 15) is 0 Å². The highest BCUT2D eigenvalue weighted by Crippen LogP contribution is 2.23. The summed E-state index contributed by atoms with van der Waals surface area (Å²) in [5.41, 5.74) is 1.25. The first kappa shape index (κ1) is 10.7. The van der Waals surface area contributed by atoms with Gasteiger partial charge in [-0.05, 0) is 30.4 Å². The molecular weight excluding hydrogens is 184 g/mol. The lowest BCUT2D eigenvalue weighted by Gasteiger charge is -2.21. The summed E-state index contributed by atoms with van der Waals surface area (Å²) in [6.07, 6.45) is 6.94. The zero-order valence-corrected chi connectivity index (χ0v) is 9.24. The van der Waals surface area contributed by atoms with Crippen LogP contribution < -0.4 is 0 Å². The van der Waals surface area contributed by atoms with Crippen LogP contribution in [-0.4, -0.2) is 6.61 Å². The third-order valence-corrected chi connectivity index (χ3v) is 3.13. The molecule has 0 saturated heterocycles. The van der Waals surface area contributed by atoms with Crippen molar-refractivity contribution in [2.24, 2.45) is 5.92 Å². The van der Waals surface area contributed by atoms with Gasteiger partial charge in [0.2, 0.25) is 0 Å². The highest BCUT2D eigenvalue weighted by atomic mass is 16.5. The summed E-state index contributed by atoms with van der Waals surface area (Å²) < 4.78 is 5.75. The number of benzene rings is 1. The van der Waals surface area contributed by atoms with Crippen molar-refractivity contribution in [1.29, 1.82) is 0 Å². The summed E-state index contributed by atoms with van der Waals surface area (Å²) in [6, 6.07) is 11.0. The van der Waals surface area contributed by atoms with E-state index in [1.807, 2.05) is 12.1 Å². The maximum Gasteiger partial charge on any atom is 0.0717 e. The van der Waals surface area contributed by atoms with E-state index in [0.717, 1.165) is 19.1 Å². The molecule has 1 aromatic carbocycles. The molecule has 0 aromatic heterocycles. The third kappa shape index (κ3) is 3.67. The van der Waals surface area contributed by atoms with Crippen LogP contribution in [0.15, 0.2) is 24.3 Å². The van der Waals surface area contributed by atoms with Crippen molar-refractivity contribution < 1.29 is 4.74 Å². The first-order valence-electron chi connectivity index (χ1n) is 5.98. The molecule has 15 heavy (non-hydrogen) atoms. The molecule has 1 heteroatoms. The van der Waals surface area contributed by atoms with Crippen molar-refractivity contribution in [3.8, 4) is 0 Å². The fourth-order valence-electron chi connectivity index (χ4n) is 2.21. The van der Waals surface area contributed by atoms with E-state index in [1.165, 1.54) is 37.7 Å². The molecule has 0 atom stereocenters. The van der Waals surface area contributed by atoms with E-state index in [4.69, 9.17) is 4.74 Å². The summed E-state index contributed by atoms with van der Waals surface area (Å²) in [6.45, 7) is 1.70. The van der Waals surface area contributed by atoms with Crippen molar-refractivity contribution in [3.05, 3.63) is 35.9 Å². The zero-order valence-electron chi connectivity index (χ0n) is 9.24. The van der Waals surface area contributed by atoms with Crippen LogP contribution >= 0.6 is 0 Å². The number of hydrogen-bond donors (Lipinski definition) is 0. The fraction of sp³-hybridized carbons (Fsp3) is 0.571. The molecule has 0 amide bonds. The number of hydrogen-bond acceptors (Lipinski definition) is 1. The van der Waals surface area contributed by atoms with Crippen LogP contribution in [0.25, 0.3) is 0 Å². The first-order chi connectivity index (χ1) is 7.45. The molecule has 0 spiro atoms. The monoisotopic (exact) mass is 203 g/mol. The Morgan fingerprint density at radius 2 is 1.87 bits per heavy atom. The molecule has 1 aliphatic rings. The quantitative estimate of drug-likeness (QED) is 0.726. The minimum absolute atomic E-state index is 0.755. The Balaban J connectivity index is 1.66. The second-order valence-electron chi connectivity index (χ2n) is 4.43. The van der Waals surface area contributed by atoms with E-state index in [-0.39, 0.29) is 0 Å². The Labute approximate surface area is 92.5 Å². The largest absolute Gasteiger partial charge is 0.376 e. The van der Waals surface area contributed by atoms with Gasteiger partial charge in [0.05, 0.1) is 6.61 Å². The molecule has 0 bridgehead atoms. The summed E-state index contributed by atoms with van der Waals surface area (Å²) in [4.78, 5) is 0. The average molecular weight is 203 g/mol. The Morgan fingerprint density at radius 1 is 1.13 bits per heavy atom. The van der Waals surface area contributed by atoms with Crippen LogP contribution in [0.4, 0.5) is 0 Å². The highest BCUT2D eigenvalue weighted by molar-refractivity contribution is 5.12. The second kappa shape index (κ2) is 5.92. The standard InChI is InChI=1S/C14H19O/c1-3-7-13(8-4-1)11-15-12-14-9-5-2-6-10-14/h5-6,9-10,13H,1,3-4,7-8,11-12H2. The van der Waals surface area contributed by atoms with E-state index < -0.39 is 0 Å². The topological polar surface area (TPSA) is 9.23 Å². The van der Waals surface area contributed by atoms with Gasteiger partial charge in [-0.2, -0.15) is 0 Å². The molecule has 2 rings (SSSR count). The van der Waals surface area contributed by atoms with Gasteiger partial charge in [0.15, 0.2) is 0 Å². The normalized spacial score (nSPS) is 17.9. The predicted octanol–water partition coefficient (Wildman–Crippen LogP) is 3.58. The molecule has 1 aliphatic carbocycles. The van der Waals surface area contributed by atoms with Gasteiger partial charge in [-0.15, -0.1) is 0 Å². The minimum atomic E-state index is 0.755. The maximum atomic E-state index is 5.75. The molecular formula is C14H19O. The summed E-state index contributed by atoms with van der Waals surface area (Å²) in [5, 5.41) is 0. The van der Waals surface area contributed by atoms with Crippen LogP contribution in [0.1, 0.15) is 37.7 Å². The molecule has 1 nitrogen and oxygen atoms in total. The molecule has 0 heterocycles. The van der Waals surface area contributed by atoms with Crippen molar-refractivity contribution in [1.82, 2.24) is 0 Å². The Hall–Kier alpha value is -0.820. The Bertz CT molecular complexity index is 262. The van der Waals surface area contributed by atoms with Gasteiger partial charge in [0.1, 0.15) is 0 Å². The summed E-state index contributed by atoms with van der Waals surface area (Å²) >= 11 is 0. The van der Waals surface area contributed by atoms with Crippen molar-refractivity contribution in [3.63, 3.8) is 0 Å². The van der Waals surface area contributed by atoms with Gasteiger partial charge < -0.3 is 4.74 Å². The van der Waals surface area contributed by atoms with Crippen LogP contribution in [0.3, 0.4) is 0 Å². The van der Waals surface area contributed by atoms with E-state index >= 15 is 0 Å². The van der Waals surface area contributed by atoms with Gasteiger partial charge in [-0.3, -0.25) is 0 Å². The van der Waals surface area contributed by atoms with Gasteiger partial charge in [0.25, 0.3) is 0 Å². The molecule has 81 valence electrons. The molecule has 0 unspecified atom stereocenters. The summed E-state index contributed by atoms with van der Waals surface area (Å²) in [5.74, 6) is 0.814. The van der Waals surface area contributed by atoms with Crippen molar-refractivity contribution >= 4 is 0 Å². The SMILES string of the molecule is [c]1ccc(COCC2CCCCC2)cc1. The molecule has 1 aromatic rings. The van der Waals surface area contributed by atoms with Gasteiger partial charge in [-0.25, -0.2) is 0 Å². The summed E-state index contributed by atoms with van der Waals surface area (Å²) in [7, 11) is 0. The smallest absolute Gasteiger partial charge is 0.0717 e. The molecule has 1 saturated carbocycles. The van der Waals surface area contributed by atoms with Crippen LogP contribution in [0.5, 0.6) is 0 Å². The fourth-order valence-corrected chi connectivity index (χ4v) is 2.21. The predicted molar refractivity (Wildman–Crippen MR) is 61.5 cm³/mol. The van der Waals surface area contributed by atoms with E-state index in [0.29, 0.717) is 0 Å². The molecule has 0 N–H and O–H groups in total. The van der Waals surface area contributed by atoms with E-state index in [1.54, 1.807) is 0 Å². The lowest BCUT2D eigenvalue weighted by atomic mass is 9.90.